The molecule has 3 aromatic carbocycles. The van der Waals surface area contributed by atoms with Crippen molar-refractivity contribution in [3.63, 3.8) is 0 Å². The molecule has 3 N–H and O–H groups in total. The number of likely N-dealkylation sites (tertiary alicyclic amines) is 1. The van der Waals surface area contributed by atoms with Gasteiger partial charge in [0, 0.05) is 23.9 Å². The van der Waals surface area contributed by atoms with E-state index in [0.717, 1.165) is 9.91 Å². The topological polar surface area (TPSA) is 163 Å². The van der Waals surface area contributed by atoms with Crippen LogP contribution in [0.1, 0.15) is 42.7 Å². The fourth-order valence-corrected chi connectivity index (χ4v) is 9.72. The maximum Gasteiger partial charge on any atom is 0.303 e. The predicted molar refractivity (Wildman–Crippen MR) is 197 cm³/mol. The second kappa shape index (κ2) is 14.0. The molecule has 7 rings (SSSR count). The van der Waals surface area contributed by atoms with E-state index in [9.17, 15) is 29.4 Å². The summed E-state index contributed by atoms with van der Waals surface area (Å²) < 4.78 is 11.3. The van der Waals surface area contributed by atoms with Gasteiger partial charge in [0.1, 0.15) is 5.75 Å². The first-order valence-electron chi connectivity index (χ1n) is 16.9. The molecule has 53 heavy (non-hydrogen) atoms. The summed E-state index contributed by atoms with van der Waals surface area (Å²) in [6.07, 6.45) is 2.04. The number of halogens is 3. The molecule has 2 aliphatic heterocycles. The Labute approximate surface area is 322 Å². The molecular formula is C38H34BrCl2N3O9. The van der Waals surface area contributed by atoms with Crippen molar-refractivity contribution >= 4 is 74.4 Å². The molecule has 3 aromatic rings. The van der Waals surface area contributed by atoms with Crippen LogP contribution in [-0.2, 0) is 29.4 Å². The van der Waals surface area contributed by atoms with Gasteiger partial charge in [-0.25, -0.2) is 0 Å². The number of nitrogens with one attached hydrogen (secondary N) is 1. The van der Waals surface area contributed by atoms with E-state index in [2.05, 4.69) is 21.4 Å². The minimum atomic E-state index is -1.61. The van der Waals surface area contributed by atoms with Crippen molar-refractivity contribution in [3.05, 3.63) is 91.9 Å². The number of ether oxygens (including phenoxy) is 2. The molecule has 6 atom stereocenters. The average Bonchev–Trinajstić information content (AvgIpc) is 3.50. The number of aromatic hydroxyl groups is 1. The minimum absolute atomic E-state index is 0.0409. The van der Waals surface area contributed by atoms with Crippen LogP contribution in [0.4, 0.5) is 5.69 Å². The molecule has 6 unspecified atom stereocenters. The Balaban J connectivity index is 1.44. The fraction of sp³-hybridized carbons (Fsp3) is 0.342. The van der Waals surface area contributed by atoms with E-state index in [1.54, 1.807) is 48.5 Å². The molecular weight excluding hydrogens is 793 g/mol. The molecule has 0 spiro atoms. The van der Waals surface area contributed by atoms with Gasteiger partial charge >= 0.3 is 5.97 Å². The van der Waals surface area contributed by atoms with Crippen molar-refractivity contribution in [3.8, 4) is 17.2 Å². The summed E-state index contributed by atoms with van der Waals surface area (Å²) in [5, 5.41) is 21.6. The summed E-state index contributed by atoms with van der Waals surface area (Å²) in [6, 6.07) is 14.8. The first kappa shape index (κ1) is 36.8. The lowest BCUT2D eigenvalue weighted by molar-refractivity contribution is -0.142. The number of hydrogen-bond acceptors (Lipinski definition) is 9. The highest BCUT2D eigenvalue weighted by Gasteiger charge is 2.70. The number of carbonyl (C=O) groups is 5. The summed E-state index contributed by atoms with van der Waals surface area (Å²) in [6.45, 7) is -0.0409. The lowest BCUT2D eigenvalue weighted by atomic mass is 9.49. The third-order valence-corrected chi connectivity index (χ3v) is 12.2. The maximum absolute atomic E-state index is 15.4. The van der Waals surface area contributed by atoms with Crippen LogP contribution in [0.5, 0.6) is 17.2 Å². The van der Waals surface area contributed by atoms with E-state index in [1.807, 2.05) is 6.08 Å². The second-order valence-electron chi connectivity index (χ2n) is 13.6. The highest BCUT2D eigenvalue weighted by atomic mass is 79.9. The maximum atomic E-state index is 15.4. The van der Waals surface area contributed by atoms with E-state index in [1.165, 1.54) is 20.3 Å². The van der Waals surface area contributed by atoms with Crippen molar-refractivity contribution in [1.82, 2.24) is 9.91 Å². The number of imide groups is 2. The van der Waals surface area contributed by atoms with Gasteiger partial charge in [-0.05, 0) is 94.7 Å². The van der Waals surface area contributed by atoms with E-state index in [-0.39, 0.29) is 64.8 Å². The zero-order valence-electron chi connectivity index (χ0n) is 28.5. The first-order valence-corrected chi connectivity index (χ1v) is 18.5. The number of anilines is 1. The normalized spacial score (nSPS) is 26.2. The largest absolute Gasteiger partial charge is 0.503 e. The lowest BCUT2D eigenvalue weighted by Crippen LogP contribution is -2.53. The Hall–Kier alpha value is -4.59. The number of hydrazine groups is 1. The number of amides is 4. The van der Waals surface area contributed by atoms with Gasteiger partial charge in [0.15, 0.2) is 11.5 Å². The number of phenolic OH excluding ortho intramolecular Hbond substituents is 1. The van der Waals surface area contributed by atoms with E-state index >= 15 is 4.79 Å². The predicted octanol–water partition coefficient (Wildman–Crippen LogP) is 6.33. The zero-order chi connectivity index (χ0) is 37.9. The molecule has 1 saturated carbocycles. The van der Waals surface area contributed by atoms with Gasteiger partial charge in [-0.3, -0.25) is 34.3 Å². The fourth-order valence-electron chi connectivity index (χ4n) is 8.81. The van der Waals surface area contributed by atoms with Crippen LogP contribution in [0.25, 0.3) is 0 Å². The monoisotopic (exact) mass is 825 g/mol. The number of aliphatic carboxylic acids is 1. The molecule has 4 aliphatic rings. The number of rotatable bonds is 10. The molecule has 15 heteroatoms. The van der Waals surface area contributed by atoms with Crippen LogP contribution in [0, 0.1) is 23.7 Å². The first-order chi connectivity index (χ1) is 25.3. The van der Waals surface area contributed by atoms with Crippen LogP contribution >= 0.6 is 39.1 Å². The Morgan fingerprint density at radius 2 is 1.72 bits per heavy atom. The van der Waals surface area contributed by atoms with Crippen LogP contribution in [-0.4, -0.2) is 70.5 Å². The number of fused-ring (bicyclic) bond motifs is 4. The molecule has 12 nitrogen and oxygen atoms in total. The number of methoxy groups -OCH3 is 2. The quantitative estimate of drug-likeness (QED) is 0.156. The minimum Gasteiger partial charge on any atom is -0.503 e. The Bertz CT molecular complexity index is 2090. The molecule has 0 bridgehead atoms. The van der Waals surface area contributed by atoms with Gasteiger partial charge in [0.25, 0.3) is 11.8 Å². The molecule has 276 valence electrons. The Morgan fingerprint density at radius 3 is 2.38 bits per heavy atom. The summed E-state index contributed by atoms with van der Waals surface area (Å²) in [5.74, 6) is -6.69. The summed E-state index contributed by atoms with van der Waals surface area (Å²) in [4.78, 5) is 70.6. The third kappa shape index (κ3) is 5.84. The molecule has 3 fully saturated rings. The Kier molecular flexibility index (Phi) is 9.71. The molecule has 2 aliphatic carbocycles. The van der Waals surface area contributed by atoms with Gasteiger partial charge in [0.05, 0.1) is 52.6 Å². The third-order valence-electron chi connectivity index (χ3n) is 11.0. The van der Waals surface area contributed by atoms with Crippen LogP contribution in [0.15, 0.2) is 70.7 Å². The number of carboxylic acid groups (broad SMARTS) is 1. The lowest BCUT2D eigenvalue weighted by Gasteiger charge is -2.50. The number of carbonyl (C=O) groups excluding carboxylic acids is 4. The number of allylic oxidation sites excluding steroid dienone is 2. The SMILES string of the molecule is COc1ccc(C23C(=O)N(Nc4ccc(Cl)cc4Cl)C(=O)C2CC2C(=CCC4C(=O)N(CCCC(=O)O)C(=O)C42)C3c2cc(Br)c(O)c(OC)c2)cc1. The van der Waals surface area contributed by atoms with Crippen molar-refractivity contribution < 1.29 is 43.7 Å². The van der Waals surface area contributed by atoms with Crippen molar-refractivity contribution in [2.75, 3.05) is 26.2 Å². The highest BCUT2D eigenvalue weighted by molar-refractivity contribution is 9.10. The van der Waals surface area contributed by atoms with E-state index in [0.29, 0.717) is 27.5 Å². The van der Waals surface area contributed by atoms with Gasteiger partial charge in [-0.2, -0.15) is 5.01 Å². The highest BCUT2D eigenvalue weighted by Crippen LogP contribution is 2.64. The molecule has 4 amide bonds. The van der Waals surface area contributed by atoms with Gasteiger partial charge in [0.2, 0.25) is 11.8 Å². The smallest absolute Gasteiger partial charge is 0.303 e. The number of benzene rings is 3. The van der Waals surface area contributed by atoms with Gasteiger partial charge < -0.3 is 19.7 Å². The van der Waals surface area contributed by atoms with Crippen LogP contribution < -0.4 is 14.9 Å². The number of hydrogen-bond donors (Lipinski definition) is 3. The summed E-state index contributed by atoms with van der Waals surface area (Å²) in [5.41, 5.74) is 3.32. The number of phenols is 1. The van der Waals surface area contributed by atoms with Gasteiger partial charge in [-0.15, -0.1) is 0 Å². The van der Waals surface area contributed by atoms with Crippen molar-refractivity contribution in [2.45, 2.75) is 37.0 Å². The Morgan fingerprint density at radius 1 is 0.981 bits per heavy atom. The zero-order valence-corrected chi connectivity index (χ0v) is 31.6. The van der Waals surface area contributed by atoms with E-state index < -0.39 is 58.7 Å². The van der Waals surface area contributed by atoms with Gasteiger partial charge in [-0.1, -0.05) is 47.0 Å². The average molecular weight is 828 g/mol. The standard InChI is InChI=1S/C38H34BrCl2N3O9/c1-52-21-8-5-19(6-9-21)38-25(35(49)44(37(38)51)42-28-12-7-20(40)16-27(28)41)17-24-22(32(38)18-14-26(39)33(47)29(15-18)53-2)10-11-23-31(24)36(50)43(34(23)48)13-3-4-30(45)46/h5-10,12,14-16,23-25,31-32,42,47H,3-4,11,13,17H2,1-2H3,(H,45,46). The molecule has 2 heterocycles. The molecule has 2 saturated heterocycles. The second-order valence-corrected chi connectivity index (χ2v) is 15.3. The van der Waals surface area contributed by atoms with Crippen molar-refractivity contribution in [1.29, 1.82) is 0 Å². The van der Waals surface area contributed by atoms with Crippen LogP contribution in [0.3, 0.4) is 0 Å². The van der Waals surface area contributed by atoms with Crippen molar-refractivity contribution in [2.24, 2.45) is 23.7 Å². The summed E-state index contributed by atoms with van der Waals surface area (Å²) in [7, 11) is 2.92. The van der Waals surface area contributed by atoms with Crippen LogP contribution in [0.2, 0.25) is 10.0 Å². The number of nitrogens with zero attached hydrogens (tertiary/aromatic N) is 2. The number of carboxylic acids is 1. The molecule has 0 aromatic heterocycles. The van der Waals surface area contributed by atoms with E-state index in [4.69, 9.17) is 32.7 Å². The molecule has 0 radical (unpaired) electrons. The summed E-state index contributed by atoms with van der Waals surface area (Å²) >= 11 is 16.1.